The molecule has 0 unspecified atom stereocenters. The molecular formula is C28H30N2O. The first kappa shape index (κ1) is 22.1. The Morgan fingerprint density at radius 3 is 2.13 bits per heavy atom. The first-order chi connectivity index (χ1) is 15.0. The summed E-state index contributed by atoms with van der Waals surface area (Å²) in [6.45, 7) is 13.4. The van der Waals surface area contributed by atoms with Crippen molar-refractivity contribution in [2.24, 2.45) is 4.99 Å². The van der Waals surface area contributed by atoms with E-state index in [1.807, 2.05) is 72.8 Å². The number of benzene rings is 3. The molecule has 3 nitrogen and oxygen atoms in total. The second-order valence-electron chi connectivity index (χ2n) is 7.99. The molecule has 0 aliphatic rings. The molecular weight excluding hydrogens is 380 g/mol. The fraction of sp³-hybridized carbons (Fsp3) is 0.179. The Hall–Kier alpha value is -3.59. The van der Waals surface area contributed by atoms with Crippen molar-refractivity contribution in [1.82, 2.24) is 0 Å². The van der Waals surface area contributed by atoms with Crippen LogP contribution in [0.1, 0.15) is 30.5 Å². The van der Waals surface area contributed by atoms with Gasteiger partial charge in [0.2, 0.25) is 0 Å². The molecule has 3 rings (SSSR count). The lowest BCUT2D eigenvalue weighted by molar-refractivity contribution is 0.452. The Kier molecular flexibility index (Phi) is 7.09. The molecule has 0 saturated heterocycles. The highest BCUT2D eigenvalue weighted by Gasteiger charge is 2.26. The van der Waals surface area contributed by atoms with Crippen LogP contribution < -0.4 is 4.90 Å². The number of aromatic hydroxyl groups is 1. The molecule has 3 aromatic carbocycles. The zero-order valence-electron chi connectivity index (χ0n) is 18.3. The number of aliphatic imine (C=N–C) groups is 1. The van der Waals surface area contributed by atoms with E-state index in [4.69, 9.17) is 0 Å². The summed E-state index contributed by atoms with van der Waals surface area (Å²) in [5.74, 6) is 0.264. The van der Waals surface area contributed by atoms with E-state index < -0.39 is 0 Å². The van der Waals surface area contributed by atoms with Crippen molar-refractivity contribution in [2.75, 3.05) is 18.0 Å². The van der Waals surface area contributed by atoms with Crippen molar-refractivity contribution in [3.05, 3.63) is 115 Å². The molecule has 0 aromatic heterocycles. The minimum atomic E-state index is -0.323. The van der Waals surface area contributed by atoms with Gasteiger partial charge in [-0.15, -0.1) is 13.2 Å². The smallest absolute Gasteiger partial charge is 0.128 e. The van der Waals surface area contributed by atoms with Crippen molar-refractivity contribution < 1.29 is 5.11 Å². The number of nitrogens with zero attached hydrogens (tertiary/aromatic N) is 2. The minimum absolute atomic E-state index is 0.264. The fourth-order valence-corrected chi connectivity index (χ4v) is 3.67. The highest BCUT2D eigenvalue weighted by Crippen LogP contribution is 2.38. The average Bonchev–Trinajstić information content (AvgIpc) is 2.79. The summed E-state index contributed by atoms with van der Waals surface area (Å²) in [6.07, 6.45) is 5.48. The maximum absolute atomic E-state index is 11.0. The summed E-state index contributed by atoms with van der Waals surface area (Å²) >= 11 is 0. The number of hydrogen-bond donors (Lipinski definition) is 1. The van der Waals surface area contributed by atoms with Crippen LogP contribution in [-0.2, 0) is 5.41 Å². The van der Waals surface area contributed by atoms with Crippen LogP contribution in [0.3, 0.4) is 0 Å². The van der Waals surface area contributed by atoms with Gasteiger partial charge in [-0.3, -0.25) is 4.99 Å². The molecule has 158 valence electrons. The van der Waals surface area contributed by atoms with Gasteiger partial charge in [0.15, 0.2) is 0 Å². The molecule has 0 bridgehead atoms. The molecule has 3 heteroatoms. The lowest BCUT2D eigenvalue weighted by Gasteiger charge is -2.27. The van der Waals surface area contributed by atoms with Crippen LogP contribution in [0.2, 0.25) is 0 Å². The van der Waals surface area contributed by atoms with Gasteiger partial charge in [0.1, 0.15) is 5.75 Å². The van der Waals surface area contributed by atoms with Gasteiger partial charge >= 0.3 is 0 Å². The van der Waals surface area contributed by atoms with E-state index in [1.165, 1.54) is 0 Å². The maximum Gasteiger partial charge on any atom is 0.128 e. The predicted octanol–water partition coefficient (Wildman–Crippen LogP) is 6.65. The maximum atomic E-state index is 11.0. The lowest BCUT2D eigenvalue weighted by Crippen LogP contribution is -2.22. The van der Waals surface area contributed by atoms with E-state index in [9.17, 15) is 5.11 Å². The number of anilines is 1. The summed E-state index contributed by atoms with van der Waals surface area (Å²) < 4.78 is 0. The predicted molar refractivity (Wildman–Crippen MR) is 133 cm³/mol. The van der Waals surface area contributed by atoms with E-state index in [-0.39, 0.29) is 11.2 Å². The third-order valence-corrected chi connectivity index (χ3v) is 5.50. The third kappa shape index (κ3) is 5.13. The van der Waals surface area contributed by atoms with Crippen LogP contribution in [0.25, 0.3) is 0 Å². The fourth-order valence-electron chi connectivity index (χ4n) is 3.67. The van der Waals surface area contributed by atoms with Crippen molar-refractivity contribution in [2.45, 2.75) is 19.3 Å². The quantitative estimate of drug-likeness (QED) is 0.317. The van der Waals surface area contributed by atoms with Crippen LogP contribution >= 0.6 is 0 Å². The Labute approximate surface area is 185 Å². The van der Waals surface area contributed by atoms with Gasteiger partial charge in [-0.2, -0.15) is 0 Å². The second kappa shape index (κ2) is 9.94. The summed E-state index contributed by atoms with van der Waals surface area (Å²) in [4.78, 5) is 6.76. The SMILES string of the molecule is C=CCN(CC=C)c1ccc(N=Cc2cccc(C(C)(C)c3ccccc3)c2O)cc1. The van der Waals surface area contributed by atoms with Crippen molar-refractivity contribution in [1.29, 1.82) is 0 Å². The summed E-state index contributed by atoms with van der Waals surface area (Å²) in [5.41, 5.74) is 4.32. The number of phenolic OH excluding ortho intramolecular Hbond substituents is 1. The summed E-state index contributed by atoms with van der Waals surface area (Å²) in [7, 11) is 0. The second-order valence-corrected chi connectivity index (χ2v) is 7.99. The van der Waals surface area contributed by atoms with Gasteiger partial charge in [0.05, 0.1) is 5.69 Å². The molecule has 0 amide bonds. The van der Waals surface area contributed by atoms with E-state index in [0.29, 0.717) is 5.56 Å². The van der Waals surface area contributed by atoms with E-state index in [2.05, 4.69) is 49.0 Å². The average molecular weight is 411 g/mol. The number of phenols is 1. The van der Waals surface area contributed by atoms with Crippen LogP contribution in [0.15, 0.2) is 103 Å². The molecule has 3 aromatic rings. The van der Waals surface area contributed by atoms with E-state index >= 15 is 0 Å². The Bertz CT molecular complexity index is 1040. The van der Waals surface area contributed by atoms with Crippen LogP contribution in [0, 0.1) is 0 Å². The van der Waals surface area contributed by atoms with E-state index in [1.54, 1.807) is 6.21 Å². The van der Waals surface area contributed by atoms with Crippen LogP contribution in [0.4, 0.5) is 11.4 Å². The topological polar surface area (TPSA) is 35.8 Å². The van der Waals surface area contributed by atoms with E-state index in [0.717, 1.165) is 35.6 Å². The lowest BCUT2D eigenvalue weighted by atomic mass is 9.77. The standard InChI is InChI=1S/C28H30N2O/c1-5-19-30(20-6-2)25-17-15-24(16-18-25)29-21-22-11-10-14-26(27(22)31)28(3,4)23-12-8-7-9-13-23/h5-18,21,31H,1-2,19-20H2,3-4H3. The molecule has 0 saturated carbocycles. The normalized spacial score (nSPS) is 11.4. The van der Waals surface area contributed by atoms with Gasteiger partial charge in [-0.1, -0.05) is 68.5 Å². The summed E-state index contributed by atoms with van der Waals surface area (Å²) in [5, 5.41) is 11.0. The molecule has 0 atom stereocenters. The monoisotopic (exact) mass is 410 g/mol. The molecule has 0 heterocycles. The largest absolute Gasteiger partial charge is 0.507 e. The molecule has 0 aliphatic carbocycles. The summed E-state index contributed by atoms with van der Waals surface area (Å²) in [6, 6.07) is 24.1. The first-order valence-corrected chi connectivity index (χ1v) is 10.5. The zero-order valence-corrected chi connectivity index (χ0v) is 18.3. The highest BCUT2D eigenvalue weighted by molar-refractivity contribution is 5.86. The number of rotatable bonds is 9. The van der Waals surface area contributed by atoms with Gasteiger partial charge in [-0.25, -0.2) is 0 Å². The van der Waals surface area contributed by atoms with Crippen molar-refractivity contribution >= 4 is 17.6 Å². The van der Waals surface area contributed by atoms with Crippen LogP contribution in [0.5, 0.6) is 5.75 Å². The molecule has 0 fully saturated rings. The van der Waals surface area contributed by atoms with Gasteiger partial charge < -0.3 is 10.0 Å². The van der Waals surface area contributed by atoms with Gasteiger partial charge in [0.25, 0.3) is 0 Å². The Morgan fingerprint density at radius 1 is 0.871 bits per heavy atom. The Balaban J connectivity index is 1.84. The molecule has 0 aliphatic heterocycles. The highest BCUT2D eigenvalue weighted by atomic mass is 16.3. The zero-order chi connectivity index (χ0) is 22.3. The minimum Gasteiger partial charge on any atom is -0.507 e. The molecule has 1 N–H and O–H groups in total. The molecule has 31 heavy (non-hydrogen) atoms. The molecule has 0 radical (unpaired) electrons. The number of hydrogen-bond acceptors (Lipinski definition) is 3. The third-order valence-electron chi connectivity index (χ3n) is 5.50. The van der Waals surface area contributed by atoms with Crippen molar-refractivity contribution in [3.8, 4) is 5.75 Å². The van der Waals surface area contributed by atoms with Gasteiger partial charge in [-0.05, 0) is 35.9 Å². The van der Waals surface area contributed by atoms with Gasteiger partial charge in [0, 0.05) is 41.5 Å². The Morgan fingerprint density at radius 2 is 1.52 bits per heavy atom. The number of para-hydroxylation sites is 1. The van der Waals surface area contributed by atoms with Crippen molar-refractivity contribution in [3.63, 3.8) is 0 Å². The molecule has 0 spiro atoms. The first-order valence-electron chi connectivity index (χ1n) is 10.5. The van der Waals surface area contributed by atoms with Crippen LogP contribution in [-0.4, -0.2) is 24.4 Å².